The van der Waals surface area contributed by atoms with Crippen LogP contribution >= 0.6 is 0 Å². The number of hydrogen-bond donors (Lipinski definition) is 2. The number of amides is 3. The number of urea groups is 1. The quantitative estimate of drug-likeness (QED) is 0.350. The van der Waals surface area contributed by atoms with Gasteiger partial charge < -0.3 is 15.0 Å². The van der Waals surface area contributed by atoms with Crippen LogP contribution < -0.4 is 10.6 Å². The Labute approximate surface area is 248 Å². The summed E-state index contributed by atoms with van der Waals surface area (Å²) in [5.41, 5.74) is 4.81. The van der Waals surface area contributed by atoms with E-state index in [4.69, 9.17) is 9.84 Å². The molecule has 222 valence electrons. The number of nitrogens with one attached hydrogen (secondary N) is 2. The van der Waals surface area contributed by atoms with Crippen molar-refractivity contribution in [2.45, 2.75) is 96.2 Å². The van der Waals surface area contributed by atoms with Gasteiger partial charge in [0.2, 0.25) is 0 Å². The Bertz CT molecular complexity index is 1400. The third-order valence-electron chi connectivity index (χ3n) is 9.02. The number of anilines is 2. The highest BCUT2D eigenvalue weighted by atomic mass is 16.5. The monoisotopic (exact) mass is 569 g/mol. The molecule has 6 rings (SSSR count). The Morgan fingerprint density at radius 2 is 1.64 bits per heavy atom. The van der Waals surface area contributed by atoms with E-state index in [0.29, 0.717) is 30.4 Å². The first-order chi connectivity index (χ1) is 20.1. The smallest absolute Gasteiger partial charge is 0.324 e. The molecular weight excluding hydrogens is 526 g/mol. The van der Waals surface area contributed by atoms with Gasteiger partial charge in [0.15, 0.2) is 0 Å². The molecule has 2 N–H and O–H groups in total. The predicted molar refractivity (Wildman–Crippen MR) is 165 cm³/mol. The zero-order valence-corrected chi connectivity index (χ0v) is 25.2. The molecular formula is C34H43N5O3. The second-order valence-corrected chi connectivity index (χ2v) is 13.4. The number of benzene rings is 2. The number of aromatic nitrogens is 2. The summed E-state index contributed by atoms with van der Waals surface area (Å²) in [6, 6.07) is 18.6. The largest absolute Gasteiger partial charge is 0.368 e. The fraction of sp³-hybridized carbons (Fsp3) is 0.500. The molecule has 8 heteroatoms. The van der Waals surface area contributed by atoms with Gasteiger partial charge in [-0.3, -0.25) is 10.1 Å². The molecule has 0 radical (unpaired) electrons. The van der Waals surface area contributed by atoms with Gasteiger partial charge in [-0.2, -0.15) is 5.10 Å². The van der Waals surface area contributed by atoms with Gasteiger partial charge in [0.25, 0.3) is 5.91 Å². The Kier molecular flexibility index (Phi) is 7.83. The van der Waals surface area contributed by atoms with Crippen LogP contribution in [-0.2, 0) is 21.4 Å². The van der Waals surface area contributed by atoms with Gasteiger partial charge >= 0.3 is 6.03 Å². The van der Waals surface area contributed by atoms with Crippen LogP contribution in [0.25, 0.3) is 5.69 Å². The van der Waals surface area contributed by atoms with E-state index in [-0.39, 0.29) is 23.5 Å². The Morgan fingerprint density at radius 3 is 2.26 bits per heavy atom. The van der Waals surface area contributed by atoms with Crippen molar-refractivity contribution in [3.63, 3.8) is 0 Å². The van der Waals surface area contributed by atoms with Crippen molar-refractivity contribution < 1.29 is 14.3 Å². The summed E-state index contributed by atoms with van der Waals surface area (Å²) in [6.45, 7) is 9.09. The number of hydrogen-bond acceptors (Lipinski definition) is 4. The molecule has 3 amide bonds. The molecule has 8 nitrogen and oxygen atoms in total. The standard InChI is InChI=1S/C34H43N5O3/c1-22-7-13-26(14-8-22)39-31(21-30(37-39)34(2,3)4)36-33(41)35-25-11-9-23(10-12-25)18-24-19-27-15-16-28(20-24)38(27)32(40)29-6-5-17-42-29/h7-14,21,24,27-29H,5-6,15-20H2,1-4H3,(H2,35,36,41). The highest BCUT2D eigenvalue weighted by Gasteiger charge is 2.45. The highest BCUT2D eigenvalue weighted by molar-refractivity contribution is 5.99. The molecule has 2 aromatic carbocycles. The maximum Gasteiger partial charge on any atom is 0.324 e. The summed E-state index contributed by atoms with van der Waals surface area (Å²) in [5.74, 6) is 1.41. The van der Waals surface area contributed by atoms with Crippen molar-refractivity contribution in [2.24, 2.45) is 5.92 Å². The minimum atomic E-state index is -0.309. The predicted octanol–water partition coefficient (Wildman–Crippen LogP) is 6.61. The first-order valence-electron chi connectivity index (χ1n) is 15.4. The lowest BCUT2D eigenvalue weighted by Crippen LogP contribution is -2.50. The van der Waals surface area contributed by atoms with E-state index in [0.717, 1.165) is 62.0 Å². The van der Waals surface area contributed by atoms with Crippen molar-refractivity contribution >= 4 is 23.4 Å². The second kappa shape index (κ2) is 11.6. The van der Waals surface area contributed by atoms with Crippen molar-refractivity contribution in [3.05, 3.63) is 71.4 Å². The van der Waals surface area contributed by atoms with Crippen molar-refractivity contribution in [1.29, 1.82) is 0 Å². The number of rotatable bonds is 6. The van der Waals surface area contributed by atoms with E-state index < -0.39 is 0 Å². The van der Waals surface area contributed by atoms with E-state index in [9.17, 15) is 9.59 Å². The zero-order chi connectivity index (χ0) is 29.4. The molecule has 3 fully saturated rings. The molecule has 3 unspecified atom stereocenters. The molecule has 3 aliphatic rings. The van der Waals surface area contributed by atoms with Crippen LogP contribution in [0.5, 0.6) is 0 Å². The molecule has 4 heterocycles. The summed E-state index contributed by atoms with van der Waals surface area (Å²) in [7, 11) is 0. The molecule has 42 heavy (non-hydrogen) atoms. The van der Waals surface area contributed by atoms with Gasteiger partial charge in [-0.05, 0) is 87.6 Å². The SMILES string of the molecule is Cc1ccc(-n2nc(C(C)(C)C)cc2NC(=O)Nc2ccc(CC3CC4CCC(C3)N4C(=O)C3CCCO3)cc2)cc1. The maximum atomic E-state index is 13.1. The molecule has 0 saturated carbocycles. The highest BCUT2D eigenvalue weighted by Crippen LogP contribution is 2.41. The summed E-state index contributed by atoms with van der Waals surface area (Å²) < 4.78 is 7.49. The van der Waals surface area contributed by atoms with Gasteiger partial charge in [0.05, 0.1) is 11.4 Å². The van der Waals surface area contributed by atoms with Crippen molar-refractivity contribution in [1.82, 2.24) is 14.7 Å². The molecule has 3 atom stereocenters. The summed E-state index contributed by atoms with van der Waals surface area (Å²) >= 11 is 0. The number of nitrogens with zero attached hydrogens (tertiary/aromatic N) is 3. The number of carbonyl (C=O) groups excluding carboxylic acids is 2. The van der Waals surface area contributed by atoms with Gasteiger partial charge in [0, 0.05) is 35.9 Å². The third kappa shape index (κ3) is 6.09. The molecule has 0 aliphatic carbocycles. The summed E-state index contributed by atoms with van der Waals surface area (Å²) in [5, 5.41) is 10.8. The van der Waals surface area contributed by atoms with Gasteiger partial charge in [-0.25, -0.2) is 9.48 Å². The van der Waals surface area contributed by atoms with Crippen molar-refractivity contribution in [3.8, 4) is 5.69 Å². The van der Waals surface area contributed by atoms with Crippen LogP contribution in [0.4, 0.5) is 16.3 Å². The Morgan fingerprint density at radius 1 is 0.952 bits per heavy atom. The van der Waals surface area contributed by atoms with E-state index in [1.54, 1.807) is 4.68 Å². The minimum absolute atomic E-state index is 0.158. The van der Waals surface area contributed by atoms with Gasteiger partial charge in [0.1, 0.15) is 11.9 Å². The number of aryl methyl sites for hydroxylation is 1. The van der Waals surface area contributed by atoms with Crippen LogP contribution in [0.3, 0.4) is 0 Å². The summed E-state index contributed by atoms with van der Waals surface area (Å²) in [4.78, 5) is 28.3. The number of piperidine rings is 1. The van der Waals surface area contributed by atoms with E-state index in [2.05, 4.69) is 48.4 Å². The third-order valence-corrected chi connectivity index (χ3v) is 9.02. The van der Waals surface area contributed by atoms with Crippen molar-refractivity contribution in [2.75, 3.05) is 17.2 Å². The zero-order valence-electron chi connectivity index (χ0n) is 25.2. The van der Waals surface area contributed by atoms with Crippen LogP contribution in [-0.4, -0.2) is 51.4 Å². The Hall–Kier alpha value is -3.65. The maximum absolute atomic E-state index is 13.1. The minimum Gasteiger partial charge on any atom is -0.368 e. The number of carbonyl (C=O) groups is 2. The fourth-order valence-electron chi connectivity index (χ4n) is 6.81. The molecule has 2 bridgehead atoms. The van der Waals surface area contributed by atoms with Crippen LogP contribution in [0.15, 0.2) is 54.6 Å². The van der Waals surface area contributed by atoms with E-state index in [1.807, 2.05) is 49.4 Å². The summed E-state index contributed by atoms with van der Waals surface area (Å²) in [6.07, 6.45) is 6.97. The first-order valence-corrected chi connectivity index (χ1v) is 15.4. The van der Waals surface area contributed by atoms with Gasteiger partial charge in [-0.1, -0.05) is 50.6 Å². The molecule has 3 saturated heterocycles. The fourth-order valence-corrected chi connectivity index (χ4v) is 6.81. The number of fused-ring (bicyclic) bond motifs is 2. The lowest BCUT2D eigenvalue weighted by atomic mass is 9.85. The van der Waals surface area contributed by atoms with Crippen LogP contribution in [0.2, 0.25) is 0 Å². The molecule has 3 aromatic rings. The van der Waals surface area contributed by atoms with E-state index >= 15 is 0 Å². The topological polar surface area (TPSA) is 88.5 Å². The average Bonchev–Trinajstić information content (AvgIpc) is 3.69. The first kappa shape index (κ1) is 28.5. The van der Waals surface area contributed by atoms with Crippen LogP contribution in [0, 0.1) is 12.8 Å². The average molecular weight is 570 g/mol. The van der Waals surface area contributed by atoms with Crippen LogP contribution in [0.1, 0.15) is 76.1 Å². The van der Waals surface area contributed by atoms with Gasteiger partial charge in [-0.15, -0.1) is 0 Å². The number of ether oxygens (including phenoxy) is 1. The second-order valence-electron chi connectivity index (χ2n) is 13.4. The molecule has 0 spiro atoms. The lowest BCUT2D eigenvalue weighted by molar-refractivity contribution is -0.146. The molecule has 3 aliphatic heterocycles. The van der Waals surface area contributed by atoms with E-state index in [1.165, 1.54) is 11.1 Å². The normalized spacial score (nSPS) is 23.7. The lowest BCUT2D eigenvalue weighted by Gasteiger charge is -2.40. The Balaban J connectivity index is 1.06. The molecule has 1 aromatic heterocycles.